The zero-order valence-electron chi connectivity index (χ0n) is 9.48. The number of aromatic nitrogens is 1. The van der Waals surface area contributed by atoms with E-state index in [0.717, 1.165) is 28.1 Å². The molecule has 0 aliphatic rings. The van der Waals surface area contributed by atoms with Crippen LogP contribution in [0, 0.1) is 0 Å². The first-order valence-electron chi connectivity index (χ1n) is 5.30. The summed E-state index contributed by atoms with van der Waals surface area (Å²) in [5, 5.41) is 3.08. The van der Waals surface area contributed by atoms with Gasteiger partial charge in [0, 0.05) is 12.7 Å². The summed E-state index contributed by atoms with van der Waals surface area (Å²) in [7, 11) is 1.90. The smallest absolute Gasteiger partial charge is 0.146 e. The average molecular weight is 293 g/mol. The van der Waals surface area contributed by atoms with Gasteiger partial charge in [0.05, 0.1) is 10.7 Å². The Morgan fingerprint density at radius 2 is 2.12 bits per heavy atom. The zero-order chi connectivity index (χ0) is 12.1. The summed E-state index contributed by atoms with van der Waals surface area (Å²) in [5.74, 6) is 1.53. The number of pyridine rings is 1. The molecule has 0 aliphatic carbocycles. The molecule has 3 nitrogen and oxygen atoms in total. The number of nitrogens with zero attached hydrogens (tertiary/aromatic N) is 1. The molecule has 88 valence electrons. The van der Waals surface area contributed by atoms with Crippen LogP contribution in [-0.2, 0) is 6.54 Å². The predicted molar refractivity (Wildman–Crippen MR) is 71.2 cm³/mol. The van der Waals surface area contributed by atoms with Crippen LogP contribution in [0.25, 0.3) is 0 Å². The zero-order valence-corrected chi connectivity index (χ0v) is 11.1. The first-order valence-corrected chi connectivity index (χ1v) is 6.10. The Bertz CT molecular complexity index is 502. The van der Waals surface area contributed by atoms with E-state index in [1.165, 1.54) is 0 Å². The SMILES string of the molecule is CNCc1cncc(Oc2ccccc2Br)c1. The minimum Gasteiger partial charge on any atom is -0.455 e. The van der Waals surface area contributed by atoms with Gasteiger partial charge in [-0.15, -0.1) is 0 Å². The molecular formula is C13H13BrN2O. The second-order valence-electron chi connectivity index (χ2n) is 3.59. The normalized spacial score (nSPS) is 10.2. The second kappa shape index (κ2) is 5.80. The minimum atomic E-state index is 0.740. The van der Waals surface area contributed by atoms with E-state index in [-0.39, 0.29) is 0 Å². The molecule has 1 aromatic carbocycles. The standard InChI is InChI=1S/C13H13BrN2O/c1-15-7-10-6-11(9-16-8-10)17-13-5-3-2-4-12(13)14/h2-6,8-9,15H,7H2,1H3. The topological polar surface area (TPSA) is 34.2 Å². The molecule has 0 radical (unpaired) electrons. The maximum atomic E-state index is 5.76. The number of halogens is 1. The van der Waals surface area contributed by atoms with E-state index in [1.807, 2.05) is 43.6 Å². The molecule has 0 aliphatic heterocycles. The first kappa shape index (κ1) is 12.1. The van der Waals surface area contributed by atoms with Gasteiger partial charge in [-0.25, -0.2) is 0 Å². The molecule has 17 heavy (non-hydrogen) atoms. The van der Waals surface area contributed by atoms with Crippen LogP contribution in [0.4, 0.5) is 0 Å². The molecular weight excluding hydrogens is 280 g/mol. The van der Waals surface area contributed by atoms with Crippen molar-refractivity contribution in [2.75, 3.05) is 7.05 Å². The lowest BCUT2D eigenvalue weighted by Gasteiger charge is -2.08. The van der Waals surface area contributed by atoms with Crippen molar-refractivity contribution < 1.29 is 4.74 Å². The fourth-order valence-corrected chi connectivity index (χ4v) is 1.84. The van der Waals surface area contributed by atoms with E-state index in [0.29, 0.717) is 0 Å². The molecule has 1 heterocycles. The molecule has 0 unspecified atom stereocenters. The summed E-state index contributed by atoms with van der Waals surface area (Å²) >= 11 is 3.45. The van der Waals surface area contributed by atoms with Crippen LogP contribution in [-0.4, -0.2) is 12.0 Å². The molecule has 0 saturated heterocycles. The van der Waals surface area contributed by atoms with E-state index >= 15 is 0 Å². The van der Waals surface area contributed by atoms with Crippen LogP contribution in [0.3, 0.4) is 0 Å². The molecule has 0 spiro atoms. The summed E-state index contributed by atoms with van der Waals surface area (Å²) in [5.41, 5.74) is 1.09. The Hall–Kier alpha value is -1.39. The molecule has 0 fully saturated rings. The fraction of sp³-hybridized carbons (Fsp3) is 0.154. The Kier molecular flexibility index (Phi) is 4.12. The van der Waals surface area contributed by atoms with Crippen molar-refractivity contribution in [1.29, 1.82) is 0 Å². The van der Waals surface area contributed by atoms with Gasteiger partial charge in [-0.1, -0.05) is 12.1 Å². The number of hydrogen-bond donors (Lipinski definition) is 1. The Morgan fingerprint density at radius 1 is 1.29 bits per heavy atom. The molecule has 4 heteroatoms. The summed E-state index contributed by atoms with van der Waals surface area (Å²) < 4.78 is 6.69. The minimum absolute atomic E-state index is 0.740. The third-order valence-electron chi connectivity index (χ3n) is 2.22. The van der Waals surface area contributed by atoms with Crippen LogP contribution < -0.4 is 10.1 Å². The number of nitrogens with one attached hydrogen (secondary N) is 1. The Morgan fingerprint density at radius 3 is 2.88 bits per heavy atom. The van der Waals surface area contributed by atoms with E-state index in [2.05, 4.69) is 26.2 Å². The van der Waals surface area contributed by atoms with Gasteiger partial charge in [-0.3, -0.25) is 4.98 Å². The van der Waals surface area contributed by atoms with Crippen molar-refractivity contribution in [2.45, 2.75) is 6.54 Å². The van der Waals surface area contributed by atoms with Gasteiger partial charge in [0.25, 0.3) is 0 Å². The largest absolute Gasteiger partial charge is 0.455 e. The lowest BCUT2D eigenvalue weighted by molar-refractivity contribution is 0.476. The van der Waals surface area contributed by atoms with Crippen molar-refractivity contribution in [3.8, 4) is 11.5 Å². The van der Waals surface area contributed by atoms with Crippen molar-refractivity contribution in [1.82, 2.24) is 10.3 Å². The van der Waals surface area contributed by atoms with Crippen LogP contribution in [0.2, 0.25) is 0 Å². The highest BCUT2D eigenvalue weighted by atomic mass is 79.9. The summed E-state index contributed by atoms with van der Waals surface area (Å²) in [6, 6.07) is 9.72. The number of hydrogen-bond acceptors (Lipinski definition) is 3. The van der Waals surface area contributed by atoms with Gasteiger partial charge < -0.3 is 10.1 Å². The molecule has 2 rings (SSSR count). The van der Waals surface area contributed by atoms with E-state index in [4.69, 9.17) is 4.74 Å². The second-order valence-corrected chi connectivity index (χ2v) is 4.45. The first-order chi connectivity index (χ1) is 8.29. The van der Waals surface area contributed by atoms with Gasteiger partial charge in [0.15, 0.2) is 0 Å². The van der Waals surface area contributed by atoms with Crippen molar-refractivity contribution >= 4 is 15.9 Å². The van der Waals surface area contributed by atoms with Crippen LogP contribution in [0.15, 0.2) is 47.2 Å². The molecule has 0 saturated carbocycles. The molecule has 1 aromatic heterocycles. The van der Waals surface area contributed by atoms with E-state index in [9.17, 15) is 0 Å². The lowest BCUT2D eigenvalue weighted by atomic mass is 10.3. The molecule has 0 atom stereocenters. The number of benzene rings is 1. The quantitative estimate of drug-likeness (QED) is 0.938. The van der Waals surface area contributed by atoms with Gasteiger partial charge >= 0.3 is 0 Å². The Balaban J connectivity index is 2.18. The number of ether oxygens (including phenoxy) is 1. The predicted octanol–water partition coefficient (Wildman–Crippen LogP) is 3.36. The third kappa shape index (κ3) is 3.28. The molecule has 0 bridgehead atoms. The van der Waals surface area contributed by atoms with Gasteiger partial charge in [0.1, 0.15) is 11.5 Å². The summed E-state index contributed by atoms with van der Waals surface area (Å²) in [6.07, 6.45) is 3.53. The van der Waals surface area contributed by atoms with Crippen molar-refractivity contribution in [3.63, 3.8) is 0 Å². The maximum absolute atomic E-state index is 5.76. The third-order valence-corrected chi connectivity index (χ3v) is 2.87. The van der Waals surface area contributed by atoms with Gasteiger partial charge in [-0.2, -0.15) is 0 Å². The summed E-state index contributed by atoms with van der Waals surface area (Å²) in [6.45, 7) is 0.778. The van der Waals surface area contributed by atoms with E-state index in [1.54, 1.807) is 6.20 Å². The average Bonchev–Trinajstić information content (AvgIpc) is 2.33. The van der Waals surface area contributed by atoms with Gasteiger partial charge in [-0.05, 0) is 46.7 Å². The highest BCUT2D eigenvalue weighted by Crippen LogP contribution is 2.28. The fourth-order valence-electron chi connectivity index (χ4n) is 1.47. The van der Waals surface area contributed by atoms with Crippen molar-refractivity contribution in [2.24, 2.45) is 0 Å². The monoisotopic (exact) mass is 292 g/mol. The summed E-state index contributed by atoms with van der Waals surface area (Å²) in [4.78, 5) is 4.15. The number of para-hydroxylation sites is 1. The maximum Gasteiger partial charge on any atom is 0.146 e. The molecule has 1 N–H and O–H groups in total. The highest BCUT2D eigenvalue weighted by molar-refractivity contribution is 9.10. The lowest BCUT2D eigenvalue weighted by Crippen LogP contribution is -2.05. The molecule has 2 aromatic rings. The molecule has 0 amide bonds. The van der Waals surface area contributed by atoms with E-state index < -0.39 is 0 Å². The van der Waals surface area contributed by atoms with Crippen molar-refractivity contribution in [3.05, 3.63) is 52.8 Å². The van der Waals surface area contributed by atoms with Crippen LogP contribution in [0.5, 0.6) is 11.5 Å². The number of rotatable bonds is 4. The van der Waals surface area contributed by atoms with Crippen LogP contribution in [0.1, 0.15) is 5.56 Å². The van der Waals surface area contributed by atoms with Gasteiger partial charge in [0.2, 0.25) is 0 Å². The Labute approximate surface area is 109 Å². The van der Waals surface area contributed by atoms with Crippen LogP contribution >= 0.6 is 15.9 Å². The highest BCUT2D eigenvalue weighted by Gasteiger charge is 2.02.